The van der Waals surface area contributed by atoms with Gasteiger partial charge in [0.1, 0.15) is 22.9 Å². The van der Waals surface area contributed by atoms with Gasteiger partial charge in [0.05, 0.1) is 39.1 Å². The number of nitrogens with one attached hydrogen (secondary N) is 3. The number of carbonyl (C=O) groups is 2. The van der Waals surface area contributed by atoms with Crippen molar-refractivity contribution in [2.24, 2.45) is 10.2 Å². The Bertz CT molecular complexity index is 2190. The van der Waals surface area contributed by atoms with Gasteiger partial charge in [-0.2, -0.15) is 10.2 Å². The zero-order valence-corrected chi connectivity index (χ0v) is 26.2. The molecule has 0 unspecified atom stereocenters. The first-order chi connectivity index (χ1) is 23.0. The Morgan fingerprint density at radius 1 is 0.837 bits per heavy atom. The quantitative estimate of drug-likeness (QED) is 0.0918. The number of hydrazone groups is 2. The van der Waals surface area contributed by atoms with E-state index in [0.29, 0.717) is 16.9 Å². The summed E-state index contributed by atoms with van der Waals surface area (Å²) in [7, 11) is 0. The van der Waals surface area contributed by atoms with E-state index in [-0.39, 0.29) is 69.5 Å². The molecule has 249 valence electrons. The molecule has 0 fully saturated rings. The molecule has 4 aromatic rings. The number of phenols is 1. The van der Waals surface area contributed by atoms with Crippen molar-refractivity contribution >= 4 is 46.1 Å². The van der Waals surface area contributed by atoms with Crippen LogP contribution in [0.2, 0.25) is 0 Å². The number of para-hydroxylation sites is 1. The summed E-state index contributed by atoms with van der Waals surface area (Å²) in [5.74, 6) is -1.20. The van der Waals surface area contributed by atoms with E-state index in [1.165, 1.54) is 35.0 Å². The second-order valence-corrected chi connectivity index (χ2v) is 10.0. The van der Waals surface area contributed by atoms with Crippen LogP contribution in [-0.2, 0) is 26.4 Å². The first kappa shape index (κ1) is 35.1. The van der Waals surface area contributed by atoms with Gasteiger partial charge in [-0.25, -0.2) is 4.68 Å². The number of fused-ring (bicyclic) bond motifs is 1. The normalized spacial score (nSPS) is 14.7. The van der Waals surface area contributed by atoms with Crippen molar-refractivity contribution < 1.29 is 42.7 Å². The Morgan fingerprint density at radius 2 is 1.55 bits per heavy atom. The maximum Gasteiger partial charge on any atom is 1.00 e. The van der Waals surface area contributed by atoms with Crippen LogP contribution in [0.1, 0.15) is 18.2 Å². The first-order valence-electron chi connectivity index (χ1n) is 14.0. The van der Waals surface area contributed by atoms with Crippen LogP contribution in [0.3, 0.4) is 0 Å². The van der Waals surface area contributed by atoms with Crippen LogP contribution >= 0.6 is 0 Å². The number of non-ortho nitro benzene ring substituents is 1. The Kier molecular flexibility index (Phi) is 10.9. The van der Waals surface area contributed by atoms with Crippen molar-refractivity contribution in [3.63, 3.8) is 0 Å². The van der Waals surface area contributed by atoms with E-state index < -0.39 is 15.6 Å². The minimum Gasteiger partial charge on any atom is -0.505 e. The molecular formula is C32H25CoN8O8+. The fourth-order valence-corrected chi connectivity index (χ4v) is 4.46. The van der Waals surface area contributed by atoms with Crippen LogP contribution in [0, 0.1) is 27.2 Å². The Hall–Kier alpha value is -6.72. The number of aromatic nitrogens is 2. The summed E-state index contributed by atoms with van der Waals surface area (Å²) >= 11 is 0. The maximum atomic E-state index is 12.5. The van der Waals surface area contributed by atoms with Gasteiger partial charge in [0.25, 0.3) is 16.9 Å². The van der Waals surface area contributed by atoms with Crippen LogP contribution in [0.4, 0.5) is 17.1 Å². The summed E-state index contributed by atoms with van der Waals surface area (Å²) in [4.78, 5) is 56.3. The molecule has 4 N–H and O–H groups in total. The summed E-state index contributed by atoms with van der Waals surface area (Å²) in [6.07, 6.45) is 6.41. The molecule has 49 heavy (non-hydrogen) atoms. The van der Waals surface area contributed by atoms with Crippen LogP contribution in [0.25, 0.3) is 11.8 Å². The number of ketones is 2. The number of rotatable bonds is 7. The number of nitrogens with zero attached hydrogens (tertiary/aromatic N) is 5. The number of nitro benzene ring substituents is 1. The third kappa shape index (κ3) is 7.99. The summed E-state index contributed by atoms with van der Waals surface area (Å²) in [5.41, 5.74) is 7.50. The number of aromatic hydroxyl groups is 1. The van der Waals surface area contributed by atoms with Gasteiger partial charge in [-0.15, -0.1) is 0 Å². The van der Waals surface area contributed by atoms with Gasteiger partial charge < -0.3 is 5.11 Å². The van der Waals surface area contributed by atoms with E-state index in [0.717, 1.165) is 17.7 Å². The molecule has 0 spiro atoms. The zero-order valence-electron chi connectivity index (χ0n) is 26.2. The molecule has 16 nitrogen and oxygen atoms in total. The molecule has 0 saturated heterocycles. The molecule has 6 rings (SSSR count). The van der Waals surface area contributed by atoms with Gasteiger partial charge in [-0.3, -0.25) is 50.6 Å². The fourth-order valence-electron chi connectivity index (χ4n) is 4.46. The van der Waals surface area contributed by atoms with Crippen molar-refractivity contribution in [2.45, 2.75) is 6.92 Å². The molecule has 1 aromatic heterocycles. The third-order valence-corrected chi connectivity index (χ3v) is 6.87. The average molecular weight is 709 g/mol. The van der Waals surface area contributed by atoms with Crippen molar-refractivity contribution in [2.75, 3.05) is 10.9 Å². The predicted molar refractivity (Wildman–Crippen MR) is 178 cm³/mol. The van der Waals surface area contributed by atoms with Gasteiger partial charge in [-0.1, -0.05) is 48.5 Å². The van der Waals surface area contributed by atoms with Crippen molar-refractivity contribution in [1.29, 1.82) is 0 Å². The molecule has 0 bridgehead atoms. The second-order valence-electron chi connectivity index (χ2n) is 10.0. The molecule has 0 saturated carbocycles. The van der Waals surface area contributed by atoms with Gasteiger partial charge in [0, 0.05) is 34.5 Å². The smallest absolute Gasteiger partial charge is 0.505 e. The van der Waals surface area contributed by atoms with E-state index in [2.05, 4.69) is 26.2 Å². The van der Waals surface area contributed by atoms with Gasteiger partial charge in [0.2, 0.25) is 11.6 Å². The minimum atomic E-state index is -0.659. The maximum absolute atomic E-state index is 12.5. The molecule has 0 amide bonds. The molecule has 0 aliphatic heterocycles. The van der Waals surface area contributed by atoms with E-state index >= 15 is 0 Å². The fraction of sp³-hybridized carbons (Fsp3) is 0.0312. The zero-order chi connectivity index (χ0) is 34.4. The van der Waals surface area contributed by atoms with Crippen LogP contribution < -0.4 is 16.4 Å². The number of benzene rings is 3. The SMILES string of the molecule is Cc1[nH]n(-c2ccccc2)c(=O)c1N/N=C1/C=CC([N+](=O)[O-])=CC1=O.O=C1C=Cc2ccccc2/C1=N/Nc1ccc([N+](=O)[O-])cc1O.[Co].[H+]. The molecule has 2 aliphatic carbocycles. The van der Waals surface area contributed by atoms with Gasteiger partial charge in [0.15, 0.2) is 0 Å². The van der Waals surface area contributed by atoms with E-state index in [1.807, 2.05) is 18.2 Å². The Balaban J connectivity index is 0.000000261. The first-order valence-corrected chi connectivity index (χ1v) is 14.0. The van der Waals surface area contributed by atoms with Crippen molar-refractivity contribution in [1.82, 2.24) is 9.78 Å². The van der Waals surface area contributed by atoms with Crippen molar-refractivity contribution in [3.8, 4) is 11.4 Å². The molecular weight excluding hydrogens is 683 g/mol. The van der Waals surface area contributed by atoms with E-state index in [9.17, 15) is 39.7 Å². The molecule has 1 radical (unpaired) electrons. The monoisotopic (exact) mass is 708 g/mol. The second kappa shape index (κ2) is 15.2. The number of phenolic OH excluding ortho intramolecular Hbond substituents is 1. The molecule has 1 heterocycles. The third-order valence-electron chi connectivity index (χ3n) is 6.87. The van der Waals surface area contributed by atoms with Gasteiger partial charge in [-0.05, 0) is 42.8 Å². The molecule has 17 heteroatoms. The number of hydrogen-bond donors (Lipinski definition) is 4. The summed E-state index contributed by atoms with van der Waals surface area (Å²) in [5, 5.41) is 41.9. The predicted octanol–water partition coefficient (Wildman–Crippen LogP) is 4.36. The minimum absolute atomic E-state index is 0. The molecule has 0 atom stereocenters. The number of carbonyl (C=O) groups excluding carboxylic acids is 2. The number of H-pyrrole nitrogens is 1. The molecule has 2 aliphatic rings. The van der Waals surface area contributed by atoms with Crippen LogP contribution in [-0.4, -0.2) is 47.7 Å². The Labute approximate surface area is 287 Å². The standard InChI is InChI=1S/C16H13N5O4.C16H11N3O4.Co/c1-10-15(16(23)20(19-10)11-5-3-2-4-6-11)18-17-13-8-7-12(21(24)25)9-14(13)22;20-14-8-5-10-3-1-2-4-12(10)16(14)18-17-13-7-6-11(19(22)23)9-15(13)21;/h2-9,18-19H,1H3;1-9,17,21H;/p+1/b17-13-;18-16-;. The molecule has 3 aromatic carbocycles. The number of aromatic amines is 1. The number of hydrogen-bond acceptors (Lipinski definition) is 12. The Morgan fingerprint density at radius 3 is 2.22 bits per heavy atom. The summed E-state index contributed by atoms with van der Waals surface area (Å²) in [6.45, 7) is 1.69. The summed E-state index contributed by atoms with van der Waals surface area (Å²) < 4.78 is 1.35. The number of nitro groups is 2. The van der Waals surface area contributed by atoms with E-state index in [1.54, 1.807) is 49.4 Å². The van der Waals surface area contributed by atoms with Gasteiger partial charge >= 0.3 is 1.43 Å². The number of allylic oxidation sites excluding steroid dienone is 4. The topological polar surface area (TPSA) is 227 Å². The number of aryl methyl sites for hydroxylation is 1. The van der Waals surface area contributed by atoms with Crippen molar-refractivity contribution in [3.05, 3.63) is 150 Å². The van der Waals surface area contributed by atoms with E-state index in [4.69, 9.17) is 0 Å². The van der Waals surface area contributed by atoms with Crippen LogP contribution in [0.15, 0.2) is 118 Å². The largest absolute Gasteiger partial charge is 1.00 e. The number of anilines is 2. The van der Waals surface area contributed by atoms with Crippen LogP contribution in [0.5, 0.6) is 5.75 Å². The summed E-state index contributed by atoms with van der Waals surface area (Å²) in [6, 6.07) is 19.8. The average Bonchev–Trinajstić information content (AvgIpc) is 3.37.